The molecular formula is C17H13N3OS3. The Balaban J connectivity index is 1.56. The lowest BCUT2D eigenvalue weighted by atomic mass is 10.2. The van der Waals surface area contributed by atoms with E-state index in [9.17, 15) is 4.79 Å². The minimum Gasteiger partial charge on any atom is -0.290 e. The van der Waals surface area contributed by atoms with Gasteiger partial charge in [-0.2, -0.15) is 0 Å². The van der Waals surface area contributed by atoms with Crippen LogP contribution in [-0.2, 0) is 12.8 Å². The first-order valence-corrected chi connectivity index (χ1v) is 10.0. The maximum absolute atomic E-state index is 12.3. The summed E-state index contributed by atoms with van der Waals surface area (Å²) in [5.74, 6) is 0.694. The molecule has 0 aliphatic carbocycles. The van der Waals surface area contributed by atoms with Gasteiger partial charge < -0.3 is 0 Å². The number of thiophene rings is 1. The molecule has 0 unspecified atom stereocenters. The molecule has 3 aromatic heterocycles. The Hall–Kier alpha value is -1.96. The summed E-state index contributed by atoms with van der Waals surface area (Å²) in [4.78, 5) is 21.6. The second-order valence-corrected chi connectivity index (χ2v) is 7.91. The Labute approximate surface area is 150 Å². The van der Waals surface area contributed by atoms with Crippen molar-refractivity contribution in [1.82, 2.24) is 14.5 Å². The average molecular weight is 372 g/mol. The standard InChI is InChI=1S/C17H13N3OS3/c1-20-16(21)14-13(7-8-22-14)19-17(20)24-10-12-9-23-15(18-12)11-5-3-2-4-6-11/h2-9H,10H2,1H3. The van der Waals surface area contributed by atoms with E-state index < -0.39 is 0 Å². The quantitative estimate of drug-likeness (QED) is 0.394. The number of hydrogen-bond acceptors (Lipinski definition) is 6. The molecule has 0 spiro atoms. The maximum Gasteiger partial charge on any atom is 0.271 e. The molecule has 0 atom stereocenters. The van der Waals surface area contributed by atoms with Gasteiger partial charge in [-0.1, -0.05) is 42.1 Å². The van der Waals surface area contributed by atoms with Crippen molar-refractivity contribution in [1.29, 1.82) is 0 Å². The summed E-state index contributed by atoms with van der Waals surface area (Å²) in [6.07, 6.45) is 0. The van der Waals surface area contributed by atoms with Crippen LogP contribution < -0.4 is 5.56 Å². The van der Waals surface area contributed by atoms with E-state index in [1.165, 1.54) is 11.3 Å². The number of benzene rings is 1. The van der Waals surface area contributed by atoms with Crippen LogP contribution in [0.5, 0.6) is 0 Å². The van der Waals surface area contributed by atoms with E-state index in [2.05, 4.69) is 27.5 Å². The lowest BCUT2D eigenvalue weighted by Gasteiger charge is -2.05. The largest absolute Gasteiger partial charge is 0.290 e. The molecule has 0 radical (unpaired) electrons. The van der Waals surface area contributed by atoms with Crippen molar-refractivity contribution >= 4 is 44.7 Å². The van der Waals surface area contributed by atoms with Crippen LogP contribution in [0.25, 0.3) is 20.8 Å². The van der Waals surface area contributed by atoms with Crippen molar-refractivity contribution < 1.29 is 0 Å². The van der Waals surface area contributed by atoms with Gasteiger partial charge in [-0.25, -0.2) is 9.97 Å². The van der Waals surface area contributed by atoms with E-state index in [4.69, 9.17) is 0 Å². The van der Waals surface area contributed by atoms with Gasteiger partial charge in [0.1, 0.15) is 9.71 Å². The third-order valence-corrected chi connectivity index (χ3v) is 6.46. The van der Waals surface area contributed by atoms with E-state index in [1.54, 1.807) is 34.7 Å². The second kappa shape index (κ2) is 6.51. The number of thioether (sulfide) groups is 1. The van der Waals surface area contributed by atoms with Crippen LogP contribution in [0.3, 0.4) is 0 Å². The zero-order valence-corrected chi connectivity index (χ0v) is 15.3. The van der Waals surface area contributed by atoms with Crippen molar-refractivity contribution in [3.63, 3.8) is 0 Å². The van der Waals surface area contributed by atoms with E-state index in [-0.39, 0.29) is 5.56 Å². The van der Waals surface area contributed by atoms with Gasteiger partial charge in [-0.05, 0) is 11.4 Å². The molecule has 0 aliphatic heterocycles. The Morgan fingerprint density at radius 1 is 1.12 bits per heavy atom. The van der Waals surface area contributed by atoms with Crippen molar-refractivity contribution in [2.75, 3.05) is 0 Å². The van der Waals surface area contributed by atoms with E-state index in [0.717, 1.165) is 26.9 Å². The van der Waals surface area contributed by atoms with E-state index in [0.29, 0.717) is 10.5 Å². The molecule has 4 aromatic rings. The molecule has 0 fully saturated rings. The second-order valence-electron chi connectivity index (χ2n) is 5.19. The first-order chi connectivity index (χ1) is 11.7. The number of nitrogens with zero attached hydrogens (tertiary/aromatic N) is 3. The number of hydrogen-bond donors (Lipinski definition) is 0. The number of aromatic nitrogens is 3. The van der Waals surface area contributed by atoms with Gasteiger partial charge in [0.2, 0.25) is 0 Å². The molecule has 24 heavy (non-hydrogen) atoms. The van der Waals surface area contributed by atoms with E-state index in [1.807, 2.05) is 29.6 Å². The van der Waals surface area contributed by atoms with E-state index >= 15 is 0 Å². The molecular weight excluding hydrogens is 358 g/mol. The fourth-order valence-electron chi connectivity index (χ4n) is 2.32. The van der Waals surface area contributed by atoms with Crippen LogP contribution in [0.15, 0.2) is 57.1 Å². The Morgan fingerprint density at radius 2 is 1.96 bits per heavy atom. The SMILES string of the molecule is Cn1c(SCc2csc(-c3ccccc3)n2)nc2ccsc2c1=O. The minimum atomic E-state index is 0.0146. The zero-order chi connectivity index (χ0) is 16.5. The number of fused-ring (bicyclic) bond motifs is 1. The third kappa shape index (κ3) is 2.90. The predicted molar refractivity (Wildman–Crippen MR) is 102 cm³/mol. The van der Waals surface area contributed by atoms with Crippen molar-refractivity contribution in [2.24, 2.45) is 7.05 Å². The van der Waals surface area contributed by atoms with Crippen molar-refractivity contribution in [2.45, 2.75) is 10.9 Å². The Kier molecular flexibility index (Phi) is 4.22. The molecule has 120 valence electrons. The van der Waals surface area contributed by atoms with Gasteiger partial charge in [-0.3, -0.25) is 9.36 Å². The molecule has 3 heterocycles. The summed E-state index contributed by atoms with van der Waals surface area (Å²) in [5.41, 5.74) is 2.92. The highest BCUT2D eigenvalue weighted by atomic mass is 32.2. The average Bonchev–Trinajstić information content (AvgIpc) is 3.27. The first kappa shape index (κ1) is 15.6. The van der Waals surface area contributed by atoms with Crippen LogP contribution in [-0.4, -0.2) is 14.5 Å². The Morgan fingerprint density at radius 3 is 2.79 bits per heavy atom. The number of thiazole rings is 1. The summed E-state index contributed by atoms with van der Waals surface area (Å²) in [6, 6.07) is 12.0. The summed E-state index contributed by atoms with van der Waals surface area (Å²) in [6.45, 7) is 0. The van der Waals surface area contributed by atoms with Gasteiger partial charge in [-0.15, -0.1) is 22.7 Å². The van der Waals surface area contributed by atoms with Gasteiger partial charge >= 0.3 is 0 Å². The monoisotopic (exact) mass is 371 g/mol. The van der Waals surface area contributed by atoms with Crippen LogP contribution >= 0.6 is 34.4 Å². The lowest BCUT2D eigenvalue weighted by Crippen LogP contribution is -2.18. The summed E-state index contributed by atoms with van der Waals surface area (Å²) in [5, 5.41) is 5.71. The molecule has 0 aliphatic rings. The highest BCUT2D eigenvalue weighted by Crippen LogP contribution is 2.27. The van der Waals surface area contributed by atoms with Gasteiger partial charge in [0, 0.05) is 23.7 Å². The summed E-state index contributed by atoms with van der Waals surface area (Å²) < 4.78 is 2.33. The smallest absolute Gasteiger partial charge is 0.271 e. The van der Waals surface area contributed by atoms with Gasteiger partial charge in [0.15, 0.2) is 5.16 Å². The van der Waals surface area contributed by atoms with Gasteiger partial charge in [0.05, 0.1) is 11.2 Å². The molecule has 0 saturated heterocycles. The molecule has 0 bridgehead atoms. The fraction of sp³-hybridized carbons (Fsp3) is 0.118. The first-order valence-electron chi connectivity index (χ1n) is 7.29. The molecule has 0 amide bonds. The minimum absolute atomic E-state index is 0.0146. The molecule has 4 nitrogen and oxygen atoms in total. The summed E-state index contributed by atoms with van der Waals surface area (Å²) >= 11 is 4.62. The van der Waals surface area contributed by atoms with Crippen LogP contribution in [0.2, 0.25) is 0 Å². The fourth-order valence-corrected chi connectivity index (χ4v) is 4.92. The zero-order valence-electron chi connectivity index (χ0n) is 12.8. The molecule has 7 heteroatoms. The van der Waals surface area contributed by atoms with Crippen LogP contribution in [0.1, 0.15) is 5.69 Å². The third-order valence-electron chi connectivity index (χ3n) is 3.57. The van der Waals surface area contributed by atoms with Crippen LogP contribution in [0.4, 0.5) is 0 Å². The molecule has 0 saturated carbocycles. The highest BCUT2D eigenvalue weighted by Gasteiger charge is 2.11. The topological polar surface area (TPSA) is 47.8 Å². The summed E-state index contributed by atoms with van der Waals surface area (Å²) in [7, 11) is 1.77. The molecule has 4 rings (SSSR count). The van der Waals surface area contributed by atoms with Crippen LogP contribution in [0, 0.1) is 0 Å². The van der Waals surface area contributed by atoms with Gasteiger partial charge in [0.25, 0.3) is 5.56 Å². The van der Waals surface area contributed by atoms with Crippen molar-refractivity contribution in [3.05, 3.63) is 63.2 Å². The molecule has 1 aromatic carbocycles. The predicted octanol–water partition coefficient (Wildman–Crippen LogP) is 4.41. The normalized spacial score (nSPS) is 11.2. The highest BCUT2D eigenvalue weighted by molar-refractivity contribution is 7.98. The number of rotatable bonds is 4. The Bertz CT molecular complexity index is 1050. The molecule has 0 N–H and O–H groups in total. The van der Waals surface area contributed by atoms with Crippen molar-refractivity contribution in [3.8, 4) is 10.6 Å². The maximum atomic E-state index is 12.3. The lowest BCUT2D eigenvalue weighted by molar-refractivity contribution is 0.727.